The SMILES string of the molecule is CC(O)CC(C)CNC(=O)C1(c2cccc(C(F)(F)F)c2)CCC1. The van der Waals surface area contributed by atoms with Crippen molar-refractivity contribution in [1.82, 2.24) is 5.32 Å². The van der Waals surface area contributed by atoms with Crippen LogP contribution in [0.15, 0.2) is 24.3 Å². The summed E-state index contributed by atoms with van der Waals surface area (Å²) in [5.74, 6) is -0.113. The predicted octanol–water partition coefficient (Wildman–Crippen LogP) is 3.65. The normalized spacial score (nSPS) is 19.2. The van der Waals surface area contributed by atoms with E-state index in [0.29, 0.717) is 31.4 Å². The molecule has 0 aliphatic heterocycles. The number of hydrogen-bond acceptors (Lipinski definition) is 2. The molecule has 0 bridgehead atoms. The van der Waals surface area contributed by atoms with E-state index in [0.717, 1.165) is 18.6 Å². The van der Waals surface area contributed by atoms with Gasteiger partial charge in [0.1, 0.15) is 0 Å². The monoisotopic (exact) mass is 343 g/mol. The first-order valence-corrected chi connectivity index (χ1v) is 8.29. The number of benzene rings is 1. The number of rotatable bonds is 6. The van der Waals surface area contributed by atoms with E-state index < -0.39 is 23.3 Å². The van der Waals surface area contributed by atoms with Gasteiger partial charge in [-0.1, -0.05) is 31.5 Å². The van der Waals surface area contributed by atoms with Gasteiger partial charge in [0, 0.05) is 6.54 Å². The van der Waals surface area contributed by atoms with Crippen LogP contribution in [0.2, 0.25) is 0 Å². The maximum Gasteiger partial charge on any atom is 0.416 e. The van der Waals surface area contributed by atoms with Gasteiger partial charge in [-0.15, -0.1) is 0 Å². The van der Waals surface area contributed by atoms with Gasteiger partial charge in [0.05, 0.1) is 17.1 Å². The number of halogens is 3. The molecule has 1 aliphatic rings. The first kappa shape index (κ1) is 18.8. The third-order valence-electron chi connectivity index (χ3n) is 4.74. The van der Waals surface area contributed by atoms with Crippen LogP contribution < -0.4 is 5.32 Å². The van der Waals surface area contributed by atoms with Gasteiger partial charge in [-0.3, -0.25) is 4.79 Å². The van der Waals surface area contributed by atoms with Crippen LogP contribution in [0.1, 0.15) is 50.7 Å². The van der Waals surface area contributed by atoms with Crippen molar-refractivity contribution in [3.8, 4) is 0 Å². The summed E-state index contributed by atoms with van der Waals surface area (Å²) >= 11 is 0. The molecule has 2 atom stereocenters. The Hall–Kier alpha value is -1.56. The van der Waals surface area contributed by atoms with Crippen LogP contribution in [0.5, 0.6) is 0 Å². The average molecular weight is 343 g/mol. The first-order chi connectivity index (χ1) is 11.1. The smallest absolute Gasteiger partial charge is 0.393 e. The van der Waals surface area contributed by atoms with Crippen molar-refractivity contribution in [2.45, 2.75) is 57.2 Å². The number of amides is 1. The molecule has 1 saturated carbocycles. The molecule has 0 radical (unpaired) electrons. The molecule has 2 unspecified atom stereocenters. The molecule has 1 amide bonds. The minimum Gasteiger partial charge on any atom is -0.393 e. The number of alkyl halides is 3. The van der Waals surface area contributed by atoms with Gasteiger partial charge < -0.3 is 10.4 Å². The molecule has 3 nitrogen and oxygen atoms in total. The Labute approximate surface area is 140 Å². The lowest BCUT2D eigenvalue weighted by Gasteiger charge is -2.41. The lowest BCUT2D eigenvalue weighted by molar-refractivity contribution is -0.138. The second kappa shape index (κ2) is 7.13. The molecule has 0 spiro atoms. The summed E-state index contributed by atoms with van der Waals surface area (Å²) in [6.45, 7) is 4.02. The Morgan fingerprint density at radius 1 is 1.33 bits per heavy atom. The molecule has 134 valence electrons. The highest BCUT2D eigenvalue weighted by Crippen LogP contribution is 2.45. The van der Waals surface area contributed by atoms with Crippen LogP contribution in [0.4, 0.5) is 13.2 Å². The lowest BCUT2D eigenvalue weighted by atomic mass is 9.63. The van der Waals surface area contributed by atoms with E-state index in [1.807, 2.05) is 6.92 Å². The highest BCUT2D eigenvalue weighted by Gasteiger charge is 2.46. The van der Waals surface area contributed by atoms with Gasteiger partial charge in [-0.05, 0) is 43.7 Å². The number of aliphatic hydroxyl groups is 1. The van der Waals surface area contributed by atoms with Crippen molar-refractivity contribution in [2.75, 3.05) is 6.54 Å². The highest BCUT2D eigenvalue weighted by molar-refractivity contribution is 5.89. The van der Waals surface area contributed by atoms with Crippen LogP contribution in [0.3, 0.4) is 0 Å². The molecule has 2 rings (SSSR count). The van der Waals surface area contributed by atoms with Crippen molar-refractivity contribution in [3.05, 3.63) is 35.4 Å². The van der Waals surface area contributed by atoms with E-state index in [1.165, 1.54) is 6.07 Å². The summed E-state index contributed by atoms with van der Waals surface area (Å²) in [7, 11) is 0. The molecule has 0 aromatic heterocycles. The van der Waals surface area contributed by atoms with Crippen LogP contribution in [0, 0.1) is 5.92 Å². The third-order valence-corrected chi connectivity index (χ3v) is 4.74. The van der Waals surface area contributed by atoms with Gasteiger partial charge >= 0.3 is 6.18 Å². The van der Waals surface area contributed by atoms with Crippen LogP contribution >= 0.6 is 0 Å². The van der Waals surface area contributed by atoms with Gasteiger partial charge in [0.15, 0.2) is 0 Å². The Balaban J connectivity index is 2.13. The molecule has 6 heteroatoms. The molecule has 24 heavy (non-hydrogen) atoms. The predicted molar refractivity (Wildman–Crippen MR) is 85.4 cm³/mol. The Bertz CT molecular complexity index is 580. The van der Waals surface area contributed by atoms with Gasteiger partial charge in [0.2, 0.25) is 5.91 Å². The minimum absolute atomic E-state index is 0.104. The summed E-state index contributed by atoms with van der Waals surface area (Å²) in [5, 5.41) is 12.2. The third kappa shape index (κ3) is 4.09. The van der Waals surface area contributed by atoms with Crippen molar-refractivity contribution in [1.29, 1.82) is 0 Å². The maximum atomic E-state index is 12.9. The summed E-state index contributed by atoms with van der Waals surface area (Å²) in [4.78, 5) is 12.6. The van der Waals surface area contributed by atoms with E-state index in [4.69, 9.17) is 0 Å². The number of aliphatic hydroxyl groups excluding tert-OH is 1. The number of hydrogen-bond donors (Lipinski definition) is 2. The van der Waals surface area contributed by atoms with Crippen LogP contribution in [-0.4, -0.2) is 23.7 Å². The summed E-state index contributed by atoms with van der Waals surface area (Å²) < 4.78 is 38.8. The van der Waals surface area contributed by atoms with Crippen LogP contribution in [-0.2, 0) is 16.4 Å². The molecule has 1 fully saturated rings. The molecule has 1 aromatic carbocycles. The summed E-state index contributed by atoms with van der Waals surface area (Å²) in [5.41, 5.74) is -1.14. The second-order valence-electron chi connectivity index (χ2n) is 6.91. The standard InChI is InChI=1S/C18H24F3NO2/c1-12(9-13(2)23)11-22-16(24)17(7-4-8-17)14-5-3-6-15(10-14)18(19,20)21/h3,5-6,10,12-13,23H,4,7-9,11H2,1-2H3,(H,22,24). The van der Waals surface area contributed by atoms with Gasteiger partial charge in [0.25, 0.3) is 0 Å². The number of carbonyl (C=O) groups excluding carboxylic acids is 1. The fourth-order valence-electron chi connectivity index (χ4n) is 3.27. The second-order valence-corrected chi connectivity index (χ2v) is 6.91. The number of carbonyl (C=O) groups is 1. The van der Waals surface area contributed by atoms with E-state index in [1.54, 1.807) is 13.0 Å². The zero-order valence-corrected chi connectivity index (χ0v) is 14.0. The first-order valence-electron chi connectivity index (χ1n) is 8.29. The van der Waals surface area contributed by atoms with Crippen molar-refractivity contribution in [2.24, 2.45) is 5.92 Å². The molecular formula is C18H24F3NO2. The summed E-state index contributed by atoms with van der Waals surface area (Å²) in [6.07, 6.45) is -2.35. The molecule has 1 aromatic rings. The summed E-state index contributed by atoms with van der Waals surface area (Å²) in [6, 6.07) is 5.09. The highest BCUT2D eigenvalue weighted by atomic mass is 19.4. The van der Waals surface area contributed by atoms with Crippen LogP contribution in [0.25, 0.3) is 0 Å². The molecule has 0 saturated heterocycles. The molecule has 1 aliphatic carbocycles. The number of nitrogens with one attached hydrogen (secondary N) is 1. The minimum atomic E-state index is -4.41. The average Bonchev–Trinajstić information content (AvgIpc) is 2.43. The van der Waals surface area contributed by atoms with Crippen molar-refractivity contribution in [3.63, 3.8) is 0 Å². The Morgan fingerprint density at radius 2 is 2.00 bits per heavy atom. The fraction of sp³-hybridized carbons (Fsp3) is 0.611. The van der Waals surface area contributed by atoms with E-state index in [-0.39, 0.29) is 11.8 Å². The lowest BCUT2D eigenvalue weighted by Crippen LogP contribution is -2.50. The largest absolute Gasteiger partial charge is 0.416 e. The van der Waals surface area contributed by atoms with E-state index >= 15 is 0 Å². The topological polar surface area (TPSA) is 49.3 Å². The fourth-order valence-corrected chi connectivity index (χ4v) is 3.27. The Kier molecular flexibility index (Phi) is 5.58. The molecule has 0 heterocycles. The van der Waals surface area contributed by atoms with E-state index in [2.05, 4.69) is 5.32 Å². The maximum absolute atomic E-state index is 12.9. The van der Waals surface area contributed by atoms with Crippen molar-refractivity contribution < 1.29 is 23.1 Å². The zero-order chi connectivity index (χ0) is 18.0. The molecule has 2 N–H and O–H groups in total. The molecular weight excluding hydrogens is 319 g/mol. The van der Waals surface area contributed by atoms with Gasteiger partial charge in [-0.25, -0.2) is 0 Å². The van der Waals surface area contributed by atoms with Crippen molar-refractivity contribution >= 4 is 5.91 Å². The van der Waals surface area contributed by atoms with Gasteiger partial charge in [-0.2, -0.15) is 13.2 Å². The Morgan fingerprint density at radius 3 is 2.50 bits per heavy atom. The zero-order valence-electron chi connectivity index (χ0n) is 14.0. The van der Waals surface area contributed by atoms with E-state index in [9.17, 15) is 23.1 Å². The quantitative estimate of drug-likeness (QED) is 0.828.